The van der Waals surface area contributed by atoms with Crippen molar-refractivity contribution in [3.8, 4) is 10.6 Å². The lowest BCUT2D eigenvalue weighted by molar-refractivity contribution is -0.640. The number of rotatable bonds is 0. The van der Waals surface area contributed by atoms with Gasteiger partial charge in [0.25, 0.3) is 9.84 Å². The van der Waals surface area contributed by atoms with Crippen LogP contribution in [0.3, 0.4) is 0 Å². The summed E-state index contributed by atoms with van der Waals surface area (Å²) in [5, 5.41) is 2.61. The molecular weight excluding hydrogens is 274 g/mol. The van der Waals surface area contributed by atoms with E-state index < -0.39 is 0 Å². The molecule has 1 aliphatic heterocycles. The standard InChI is InChI=1S/C14H8N3S2/c1-2-8-10(16-4-1)7-17-13(8)19-12-9-6-15-5-3-11(9)18-14(12)17/h1-6H,7H2/q+1. The second kappa shape index (κ2) is 3.37. The molecule has 4 aromatic heterocycles. The molecule has 0 spiro atoms. The van der Waals surface area contributed by atoms with E-state index in [1.807, 2.05) is 47.3 Å². The molecular formula is C14H8N3S2+. The summed E-state index contributed by atoms with van der Waals surface area (Å²) < 4.78 is 5.07. The van der Waals surface area contributed by atoms with Gasteiger partial charge in [-0.2, -0.15) is 4.57 Å². The van der Waals surface area contributed by atoms with E-state index in [0.29, 0.717) is 0 Å². The van der Waals surface area contributed by atoms with E-state index in [4.69, 9.17) is 0 Å². The fourth-order valence-corrected chi connectivity index (χ4v) is 5.35. The number of nitrogens with zero attached hydrogens (tertiary/aromatic N) is 3. The van der Waals surface area contributed by atoms with Crippen molar-refractivity contribution in [1.82, 2.24) is 9.97 Å². The minimum atomic E-state index is 0.895. The van der Waals surface area contributed by atoms with Crippen LogP contribution in [0.15, 0.2) is 36.8 Å². The molecule has 0 saturated carbocycles. The molecule has 1 aliphatic rings. The van der Waals surface area contributed by atoms with Crippen LogP contribution in [0.4, 0.5) is 0 Å². The summed E-state index contributed by atoms with van der Waals surface area (Å²) in [6.07, 6.45) is 5.72. The van der Waals surface area contributed by atoms with Crippen molar-refractivity contribution in [3.63, 3.8) is 0 Å². The van der Waals surface area contributed by atoms with Crippen molar-refractivity contribution in [2.45, 2.75) is 6.54 Å². The Bertz CT molecular complexity index is 952. The van der Waals surface area contributed by atoms with Gasteiger partial charge in [-0.15, -0.1) is 0 Å². The Morgan fingerprint density at radius 2 is 2.16 bits per heavy atom. The number of hydrogen-bond donors (Lipinski definition) is 0. The lowest BCUT2D eigenvalue weighted by Gasteiger charge is -1.88. The zero-order chi connectivity index (χ0) is 12.4. The van der Waals surface area contributed by atoms with Crippen molar-refractivity contribution in [2.75, 3.05) is 0 Å². The second-order valence-electron chi connectivity index (χ2n) is 4.60. The maximum atomic E-state index is 4.49. The van der Waals surface area contributed by atoms with E-state index in [0.717, 1.165) is 6.54 Å². The lowest BCUT2D eigenvalue weighted by atomic mass is 10.2. The SMILES string of the molecule is c1cnc2c(c1)-c1sc3c4cnccc4sc3[n+]1C2. The van der Waals surface area contributed by atoms with Crippen molar-refractivity contribution in [3.05, 3.63) is 42.5 Å². The Morgan fingerprint density at radius 1 is 1.16 bits per heavy atom. The zero-order valence-electron chi connectivity index (χ0n) is 9.83. The highest BCUT2D eigenvalue weighted by atomic mass is 32.1. The molecule has 0 unspecified atom stereocenters. The van der Waals surface area contributed by atoms with Crippen molar-refractivity contribution < 1.29 is 4.57 Å². The maximum absolute atomic E-state index is 4.49. The molecule has 0 fully saturated rings. The maximum Gasteiger partial charge on any atom is 0.282 e. The molecule has 90 valence electrons. The monoisotopic (exact) mass is 282 g/mol. The average molecular weight is 282 g/mol. The molecule has 0 aliphatic carbocycles. The van der Waals surface area contributed by atoms with Crippen LogP contribution in [0.1, 0.15) is 5.69 Å². The number of thiazole rings is 1. The van der Waals surface area contributed by atoms with Gasteiger partial charge < -0.3 is 0 Å². The fraction of sp³-hybridized carbons (Fsp3) is 0.0714. The van der Waals surface area contributed by atoms with Crippen molar-refractivity contribution >= 4 is 42.3 Å². The van der Waals surface area contributed by atoms with Gasteiger partial charge >= 0.3 is 0 Å². The zero-order valence-corrected chi connectivity index (χ0v) is 11.5. The molecule has 0 atom stereocenters. The molecule has 0 amide bonds. The third-order valence-electron chi connectivity index (χ3n) is 3.54. The highest BCUT2D eigenvalue weighted by Gasteiger charge is 2.34. The second-order valence-corrected chi connectivity index (χ2v) is 6.63. The number of fused-ring (bicyclic) bond motifs is 7. The molecule has 0 N–H and O–H groups in total. The molecule has 5 heterocycles. The lowest BCUT2D eigenvalue weighted by Crippen LogP contribution is -2.29. The van der Waals surface area contributed by atoms with Gasteiger partial charge in [-0.3, -0.25) is 9.97 Å². The fourth-order valence-electron chi connectivity index (χ4n) is 2.68. The Labute approximate surface area is 116 Å². The van der Waals surface area contributed by atoms with Crippen LogP contribution in [0.5, 0.6) is 0 Å². The predicted molar refractivity (Wildman–Crippen MR) is 77.5 cm³/mol. The first-order valence-corrected chi connectivity index (χ1v) is 7.68. The minimum absolute atomic E-state index is 0.895. The van der Waals surface area contributed by atoms with E-state index in [9.17, 15) is 0 Å². The van der Waals surface area contributed by atoms with E-state index in [-0.39, 0.29) is 0 Å². The third-order valence-corrected chi connectivity index (χ3v) is 6.12. The van der Waals surface area contributed by atoms with E-state index in [1.165, 1.54) is 35.9 Å². The third kappa shape index (κ3) is 1.19. The van der Waals surface area contributed by atoms with E-state index >= 15 is 0 Å². The quantitative estimate of drug-likeness (QED) is 0.408. The Balaban J connectivity index is 1.93. The Hall–Kier alpha value is -1.85. The first-order chi connectivity index (χ1) is 9.42. The minimum Gasteiger partial charge on any atom is -0.264 e. The van der Waals surface area contributed by atoms with Crippen LogP contribution < -0.4 is 4.57 Å². The summed E-state index contributed by atoms with van der Waals surface area (Å²) in [5.74, 6) is 0. The van der Waals surface area contributed by atoms with Crippen LogP contribution in [0, 0.1) is 0 Å². The number of hydrogen-bond acceptors (Lipinski definition) is 4. The molecule has 0 bridgehead atoms. The molecule has 0 saturated heterocycles. The molecule has 19 heavy (non-hydrogen) atoms. The van der Waals surface area contributed by atoms with E-state index in [2.05, 4.69) is 26.7 Å². The summed E-state index contributed by atoms with van der Waals surface area (Å²) in [7, 11) is 0. The van der Waals surface area contributed by atoms with Crippen molar-refractivity contribution in [2.24, 2.45) is 0 Å². The smallest absolute Gasteiger partial charge is 0.264 e. The van der Waals surface area contributed by atoms with Gasteiger partial charge in [0, 0.05) is 28.7 Å². The van der Waals surface area contributed by atoms with E-state index in [1.54, 1.807) is 0 Å². The normalized spacial score (nSPS) is 13.1. The Morgan fingerprint density at radius 3 is 3.16 bits per heavy atom. The first-order valence-electron chi connectivity index (χ1n) is 6.05. The van der Waals surface area contributed by atoms with Gasteiger partial charge in [0.05, 0.1) is 5.56 Å². The van der Waals surface area contributed by atoms with Gasteiger partial charge in [-0.25, -0.2) is 0 Å². The van der Waals surface area contributed by atoms with Crippen LogP contribution >= 0.6 is 22.7 Å². The van der Waals surface area contributed by atoms with Gasteiger partial charge in [-0.1, -0.05) is 22.7 Å². The van der Waals surface area contributed by atoms with Gasteiger partial charge in [-0.05, 0) is 18.2 Å². The van der Waals surface area contributed by atoms with Crippen LogP contribution in [-0.2, 0) is 6.54 Å². The largest absolute Gasteiger partial charge is 0.282 e. The van der Waals surface area contributed by atoms with Crippen LogP contribution in [0.25, 0.3) is 30.2 Å². The number of thiophene rings is 1. The van der Waals surface area contributed by atoms with Crippen LogP contribution in [0.2, 0.25) is 0 Å². The molecule has 3 nitrogen and oxygen atoms in total. The summed E-state index contributed by atoms with van der Waals surface area (Å²) in [6.45, 7) is 0.895. The summed E-state index contributed by atoms with van der Waals surface area (Å²) in [4.78, 5) is 10.1. The highest BCUT2D eigenvalue weighted by Crippen LogP contribution is 2.41. The summed E-state index contributed by atoms with van der Waals surface area (Å²) in [5.41, 5.74) is 2.47. The topological polar surface area (TPSA) is 29.7 Å². The molecule has 5 rings (SSSR count). The molecule has 4 aromatic rings. The average Bonchev–Trinajstić information content (AvgIpc) is 3.07. The number of pyridine rings is 2. The van der Waals surface area contributed by atoms with Gasteiger partial charge in [0.1, 0.15) is 10.4 Å². The first kappa shape index (κ1) is 10.00. The predicted octanol–water partition coefficient (Wildman–Crippen LogP) is 3.22. The van der Waals surface area contributed by atoms with Crippen molar-refractivity contribution in [1.29, 1.82) is 0 Å². The number of aromatic nitrogens is 3. The molecule has 0 radical (unpaired) electrons. The summed E-state index contributed by atoms with van der Waals surface area (Å²) >= 11 is 3.71. The van der Waals surface area contributed by atoms with Gasteiger partial charge in [0.2, 0.25) is 0 Å². The van der Waals surface area contributed by atoms with Gasteiger partial charge in [0.15, 0.2) is 6.54 Å². The summed E-state index contributed by atoms with van der Waals surface area (Å²) in [6, 6.07) is 6.28. The molecule has 0 aromatic carbocycles. The molecule has 5 heteroatoms. The Kier molecular flexibility index (Phi) is 1.78. The highest BCUT2D eigenvalue weighted by molar-refractivity contribution is 7.32. The van der Waals surface area contributed by atoms with Crippen LogP contribution in [-0.4, -0.2) is 9.97 Å².